The summed E-state index contributed by atoms with van der Waals surface area (Å²) in [6.45, 7) is 2.85. The SMILES string of the molecule is CC(CC1CCCN1)Nc1cc([N+](=O)[O-])c(F)cc1F. The molecule has 0 aliphatic carbocycles. The highest BCUT2D eigenvalue weighted by molar-refractivity contribution is 5.53. The number of anilines is 1. The van der Waals surface area contributed by atoms with E-state index in [4.69, 9.17) is 0 Å². The Hall–Kier alpha value is -1.76. The number of nitro groups is 1. The largest absolute Gasteiger partial charge is 0.380 e. The number of halogens is 2. The van der Waals surface area contributed by atoms with Gasteiger partial charge in [0.05, 0.1) is 10.6 Å². The van der Waals surface area contributed by atoms with Gasteiger partial charge in [0, 0.05) is 24.2 Å². The third kappa shape index (κ3) is 3.41. The average Bonchev–Trinajstić information content (AvgIpc) is 2.84. The van der Waals surface area contributed by atoms with Crippen molar-refractivity contribution in [2.75, 3.05) is 11.9 Å². The summed E-state index contributed by atoms with van der Waals surface area (Å²) < 4.78 is 26.9. The Labute approximate surface area is 115 Å². The zero-order chi connectivity index (χ0) is 14.7. The first kappa shape index (κ1) is 14.6. The number of nitro benzene ring substituents is 1. The Balaban J connectivity index is 2.07. The lowest BCUT2D eigenvalue weighted by molar-refractivity contribution is -0.387. The zero-order valence-corrected chi connectivity index (χ0v) is 11.2. The molecule has 0 spiro atoms. The van der Waals surface area contributed by atoms with Gasteiger partial charge in [-0.05, 0) is 32.7 Å². The van der Waals surface area contributed by atoms with Crippen LogP contribution in [0.15, 0.2) is 12.1 Å². The van der Waals surface area contributed by atoms with Gasteiger partial charge in [-0.1, -0.05) is 0 Å². The maximum atomic E-state index is 13.6. The normalized spacial score (nSPS) is 19.9. The molecule has 1 saturated heterocycles. The van der Waals surface area contributed by atoms with E-state index in [2.05, 4.69) is 10.6 Å². The third-order valence-electron chi connectivity index (χ3n) is 3.44. The molecule has 0 amide bonds. The Kier molecular flexibility index (Phi) is 4.49. The van der Waals surface area contributed by atoms with Gasteiger partial charge in [0.25, 0.3) is 0 Å². The molecular formula is C13H17F2N3O2. The molecule has 1 aromatic rings. The van der Waals surface area contributed by atoms with E-state index in [-0.39, 0.29) is 11.7 Å². The summed E-state index contributed by atoms with van der Waals surface area (Å²) in [6.07, 6.45) is 2.97. The van der Waals surface area contributed by atoms with Gasteiger partial charge in [-0.15, -0.1) is 0 Å². The summed E-state index contributed by atoms with van der Waals surface area (Å²) >= 11 is 0. The van der Waals surface area contributed by atoms with Gasteiger partial charge in [-0.2, -0.15) is 4.39 Å². The molecule has 0 bridgehead atoms. The van der Waals surface area contributed by atoms with Crippen molar-refractivity contribution in [2.24, 2.45) is 0 Å². The van der Waals surface area contributed by atoms with Crippen LogP contribution in [0.1, 0.15) is 26.2 Å². The fourth-order valence-electron chi connectivity index (χ4n) is 2.50. The van der Waals surface area contributed by atoms with Crippen LogP contribution in [0.2, 0.25) is 0 Å². The summed E-state index contributed by atoms with van der Waals surface area (Å²) in [4.78, 5) is 9.80. The second kappa shape index (κ2) is 6.13. The van der Waals surface area contributed by atoms with Crippen LogP contribution in [0.3, 0.4) is 0 Å². The second-order valence-corrected chi connectivity index (χ2v) is 5.11. The van der Waals surface area contributed by atoms with E-state index in [1.165, 1.54) is 0 Å². The molecule has 2 rings (SSSR count). The van der Waals surface area contributed by atoms with Gasteiger partial charge in [0.15, 0.2) is 0 Å². The molecule has 2 atom stereocenters. The van der Waals surface area contributed by atoms with Gasteiger partial charge in [-0.25, -0.2) is 4.39 Å². The molecular weight excluding hydrogens is 268 g/mol. The van der Waals surface area contributed by atoms with E-state index >= 15 is 0 Å². The van der Waals surface area contributed by atoms with E-state index in [0.717, 1.165) is 31.9 Å². The van der Waals surface area contributed by atoms with Crippen molar-refractivity contribution >= 4 is 11.4 Å². The molecule has 7 heteroatoms. The fourth-order valence-corrected chi connectivity index (χ4v) is 2.50. The molecule has 0 saturated carbocycles. The summed E-state index contributed by atoms with van der Waals surface area (Å²) in [5.41, 5.74) is -0.760. The summed E-state index contributed by atoms with van der Waals surface area (Å²) in [5.74, 6) is -1.98. The molecule has 1 aliphatic rings. The van der Waals surface area contributed by atoms with Crippen molar-refractivity contribution in [1.29, 1.82) is 0 Å². The second-order valence-electron chi connectivity index (χ2n) is 5.11. The third-order valence-corrected chi connectivity index (χ3v) is 3.44. The maximum Gasteiger partial charge on any atom is 0.307 e. The highest BCUT2D eigenvalue weighted by atomic mass is 19.1. The average molecular weight is 285 g/mol. The number of benzene rings is 1. The first-order chi connectivity index (χ1) is 9.47. The minimum atomic E-state index is -1.16. The van der Waals surface area contributed by atoms with Gasteiger partial charge in [0.2, 0.25) is 5.82 Å². The van der Waals surface area contributed by atoms with Crippen molar-refractivity contribution in [2.45, 2.75) is 38.3 Å². The van der Waals surface area contributed by atoms with Crippen molar-refractivity contribution < 1.29 is 13.7 Å². The standard InChI is InChI=1S/C13H17F2N3O2/c1-8(5-9-3-2-4-16-9)17-12-7-13(18(19)20)11(15)6-10(12)14/h6-9,16-17H,2-5H2,1H3. The van der Waals surface area contributed by atoms with Crippen LogP contribution in [0.25, 0.3) is 0 Å². The number of hydrogen-bond donors (Lipinski definition) is 2. The highest BCUT2D eigenvalue weighted by Crippen LogP contribution is 2.26. The van der Waals surface area contributed by atoms with E-state index in [9.17, 15) is 18.9 Å². The van der Waals surface area contributed by atoms with Gasteiger partial charge >= 0.3 is 5.69 Å². The van der Waals surface area contributed by atoms with E-state index in [1.807, 2.05) is 6.92 Å². The Morgan fingerprint density at radius 1 is 1.50 bits per heavy atom. The van der Waals surface area contributed by atoms with Crippen LogP contribution in [-0.4, -0.2) is 23.6 Å². The molecule has 1 aromatic carbocycles. The van der Waals surface area contributed by atoms with Gasteiger partial charge < -0.3 is 10.6 Å². The monoisotopic (exact) mass is 285 g/mol. The van der Waals surface area contributed by atoms with Crippen molar-refractivity contribution in [3.63, 3.8) is 0 Å². The molecule has 5 nitrogen and oxygen atoms in total. The minimum absolute atomic E-state index is 0.0383. The molecule has 0 aromatic heterocycles. The molecule has 0 radical (unpaired) electrons. The molecule has 20 heavy (non-hydrogen) atoms. The van der Waals surface area contributed by atoms with Crippen molar-refractivity contribution in [3.05, 3.63) is 33.9 Å². The smallest absolute Gasteiger partial charge is 0.307 e. The summed E-state index contributed by atoms with van der Waals surface area (Å²) in [5, 5.41) is 16.9. The Morgan fingerprint density at radius 2 is 2.25 bits per heavy atom. The Bertz CT molecular complexity index is 505. The van der Waals surface area contributed by atoms with Crippen LogP contribution in [0.4, 0.5) is 20.2 Å². The van der Waals surface area contributed by atoms with Crippen LogP contribution in [0, 0.1) is 21.7 Å². The van der Waals surface area contributed by atoms with Crippen molar-refractivity contribution in [1.82, 2.24) is 5.32 Å². The number of hydrogen-bond acceptors (Lipinski definition) is 4. The van der Waals surface area contributed by atoms with Crippen LogP contribution in [-0.2, 0) is 0 Å². The zero-order valence-electron chi connectivity index (χ0n) is 11.2. The molecule has 1 aliphatic heterocycles. The van der Waals surface area contributed by atoms with E-state index < -0.39 is 22.2 Å². The quantitative estimate of drug-likeness (QED) is 0.645. The lowest BCUT2D eigenvalue weighted by Crippen LogP contribution is -2.29. The molecule has 2 N–H and O–H groups in total. The van der Waals surface area contributed by atoms with Gasteiger partial charge in [0.1, 0.15) is 5.82 Å². The molecule has 110 valence electrons. The lowest BCUT2D eigenvalue weighted by atomic mass is 10.1. The van der Waals surface area contributed by atoms with Gasteiger partial charge in [-0.3, -0.25) is 10.1 Å². The Morgan fingerprint density at radius 3 is 2.85 bits per heavy atom. The van der Waals surface area contributed by atoms with E-state index in [0.29, 0.717) is 12.1 Å². The van der Waals surface area contributed by atoms with Crippen molar-refractivity contribution in [3.8, 4) is 0 Å². The first-order valence-electron chi connectivity index (χ1n) is 6.60. The molecule has 2 unspecified atom stereocenters. The predicted molar refractivity (Wildman–Crippen MR) is 71.7 cm³/mol. The summed E-state index contributed by atoms with van der Waals surface area (Å²) in [7, 11) is 0. The molecule has 1 fully saturated rings. The minimum Gasteiger partial charge on any atom is -0.380 e. The lowest BCUT2D eigenvalue weighted by Gasteiger charge is -2.19. The number of rotatable bonds is 5. The maximum absolute atomic E-state index is 13.6. The van der Waals surface area contributed by atoms with Crippen LogP contribution < -0.4 is 10.6 Å². The number of nitrogens with zero attached hydrogens (tertiary/aromatic N) is 1. The van der Waals surface area contributed by atoms with Crippen LogP contribution >= 0.6 is 0 Å². The van der Waals surface area contributed by atoms with E-state index in [1.54, 1.807) is 0 Å². The summed E-state index contributed by atoms with van der Waals surface area (Å²) in [6, 6.07) is 1.76. The topological polar surface area (TPSA) is 67.2 Å². The predicted octanol–water partition coefficient (Wildman–Crippen LogP) is 2.82. The number of nitrogens with one attached hydrogen (secondary N) is 2. The first-order valence-corrected chi connectivity index (χ1v) is 6.60. The fraction of sp³-hybridized carbons (Fsp3) is 0.538. The highest BCUT2D eigenvalue weighted by Gasteiger charge is 2.21. The molecule has 1 heterocycles. The van der Waals surface area contributed by atoms with Crippen LogP contribution in [0.5, 0.6) is 0 Å².